The first-order chi connectivity index (χ1) is 5.13. The monoisotopic (exact) mass is 302 g/mol. The van der Waals surface area contributed by atoms with Crippen LogP contribution in [0.15, 0.2) is 0 Å². The molecule has 6 heteroatoms. The van der Waals surface area contributed by atoms with Gasteiger partial charge in [-0.1, -0.05) is 0 Å². The van der Waals surface area contributed by atoms with Gasteiger partial charge in [-0.25, -0.2) is 0 Å². The number of rotatable bonds is 2. The maximum Gasteiger partial charge on any atom is 0.256 e. The molecule has 0 aromatic heterocycles. The third kappa shape index (κ3) is 13.0. The van der Waals surface area contributed by atoms with Gasteiger partial charge in [-0.05, 0) is 38.3 Å². The molecule has 0 aromatic carbocycles. The summed E-state index contributed by atoms with van der Waals surface area (Å²) in [6.45, 7) is 5.47. The Morgan fingerprint density at radius 1 is 1.42 bits per heavy atom. The number of hydrogen-bond donors (Lipinski definition) is 2. The molecule has 0 unspecified atom stereocenters. The van der Waals surface area contributed by atoms with E-state index < -0.39 is 0 Å². The molecule has 2 N–H and O–H groups in total. The van der Waals surface area contributed by atoms with Crippen molar-refractivity contribution >= 4 is 35.2 Å². The van der Waals surface area contributed by atoms with E-state index in [1.807, 2.05) is 13.8 Å². The van der Waals surface area contributed by atoms with E-state index in [4.69, 9.17) is 10.2 Å². The molecule has 0 aliphatic rings. The normalized spacial score (nSPS) is 6.83. The summed E-state index contributed by atoms with van der Waals surface area (Å²) in [6, 6.07) is 0. The molecule has 0 aliphatic heterocycles. The molecule has 0 aliphatic carbocycles. The average Bonchev–Trinajstić information content (AvgIpc) is 1.91. The molecule has 0 heterocycles. The van der Waals surface area contributed by atoms with E-state index in [-0.39, 0.29) is 27.6 Å². The molecule has 0 fully saturated rings. The van der Waals surface area contributed by atoms with Crippen LogP contribution in [-0.2, 0) is 22.4 Å². The third-order valence-corrected chi connectivity index (χ3v) is 1.29. The molecule has 0 amide bonds. The summed E-state index contributed by atoms with van der Waals surface area (Å²) in [4.78, 5) is 1.70. The van der Waals surface area contributed by atoms with Gasteiger partial charge < -0.3 is 15.1 Å². The minimum Gasteiger partial charge on any atom is -0.504 e. The zero-order valence-electron chi connectivity index (χ0n) is 6.95. The van der Waals surface area contributed by atoms with Crippen LogP contribution in [-0.4, -0.2) is 38.9 Å². The van der Waals surface area contributed by atoms with Gasteiger partial charge in [-0.3, -0.25) is 0 Å². The Morgan fingerprint density at radius 3 is 1.67 bits per heavy atom. The topological polar surface area (TPSA) is 43.7 Å². The second-order valence-electron chi connectivity index (χ2n) is 1.56. The average molecular weight is 303 g/mol. The predicted molar refractivity (Wildman–Crippen MR) is 54.4 cm³/mol. The molecule has 1 radical (unpaired) electrons. The van der Waals surface area contributed by atoms with Gasteiger partial charge in [0, 0.05) is 35.5 Å². The SMILES string of the molecule is CCN(CC)C(O)=S.OC=S.[Ag]. The van der Waals surface area contributed by atoms with Crippen LogP contribution in [0.5, 0.6) is 0 Å². The van der Waals surface area contributed by atoms with E-state index in [2.05, 4.69) is 24.4 Å². The molecule has 77 valence electrons. The first kappa shape index (κ1) is 18.2. The van der Waals surface area contributed by atoms with Crippen LogP contribution in [0.4, 0.5) is 0 Å². The first-order valence-corrected chi connectivity index (χ1v) is 4.07. The molecular weight excluding hydrogens is 290 g/mol. The Kier molecular flexibility index (Phi) is 21.0. The van der Waals surface area contributed by atoms with E-state index in [9.17, 15) is 0 Å². The van der Waals surface area contributed by atoms with Crippen molar-refractivity contribution < 1.29 is 32.6 Å². The van der Waals surface area contributed by atoms with Crippen molar-refractivity contribution in [3.8, 4) is 0 Å². The third-order valence-electron chi connectivity index (χ3n) is 1.03. The summed E-state index contributed by atoms with van der Waals surface area (Å²) >= 11 is 8.32. The largest absolute Gasteiger partial charge is 0.504 e. The summed E-state index contributed by atoms with van der Waals surface area (Å²) in [6.07, 6.45) is 0. The quantitative estimate of drug-likeness (QED) is 0.600. The number of hydrogen-bond acceptors (Lipinski definition) is 2. The molecular formula is C6H13AgNO2S2. The Morgan fingerprint density at radius 2 is 1.67 bits per heavy atom. The van der Waals surface area contributed by atoms with E-state index in [1.165, 1.54) is 0 Å². The van der Waals surface area contributed by atoms with Crippen LogP contribution in [0, 0.1) is 0 Å². The summed E-state index contributed by atoms with van der Waals surface area (Å²) in [5, 5.41) is 15.9. The number of thiocarbonyl (C=S) groups is 2. The van der Waals surface area contributed by atoms with Crippen LogP contribution in [0.25, 0.3) is 0 Å². The molecule has 12 heavy (non-hydrogen) atoms. The standard InChI is InChI=1S/C5H11NOS.CH2OS.Ag/c1-3-6(4-2)5(7)8;2-1-3;/h3-4H2,1-2H3,(H,7,8);1H,(H,2,3);. The van der Waals surface area contributed by atoms with E-state index >= 15 is 0 Å². The van der Waals surface area contributed by atoms with Crippen molar-refractivity contribution in [1.82, 2.24) is 4.90 Å². The van der Waals surface area contributed by atoms with Gasteiger partial charge in [-0.15, -0.1) is 0 Å². The number of nitrogens with zero attached hydrogens (tertiary/aromatic N) is 1. The van der Waals surface area contributed by atoms with Crippen molar-refractivity contribution in [2.75, 3.05) is 13.1 Å². The van der Waals surface area contributed by atoms with Gasteiger partial charge >= 0.3 is 0 Å². The summed E-state index contributed by atoms with van der Waals surface area (Å²) in [5.41, 5.74) is 0.583. The van der Waals surface area contributed by atoms with E-state index in [1.54, 1.807) is 4.90 Å². The Balaban J connectivity index is -0.000000177. The first-order valence-electron chi connectivity index (χ1n) is 3.19. The van der Waals surface area contributed by atoms with Gasteiger partial charge in [0.25, 0.3) is 5.17 Å². The Hall–Kier alpha value is 0.320. The van der Waals surface area contributed by atoms with Gasteiger partial charge in [0.2, 0.25) is 0 Å². The van der Waals surface area contributed by atoms with E-state index in [0.29, 0.717) is 5.55 Å². The van der Waals surface area contributed by atoms with Crippen molar-refractivity contribution in [3.05, 3.63) is 0 Å². The molecule has 0 saturated carbocycles. The fourth-order valence-electron chi connectivity index (χ4n) is 0.494. The molecule has 0 rings (SSSR count). The van der Waals surface area contributed by atoms with Crippen molar-refractivity contribution in [3.63, 3.8) is 0 Å². The Labute approximate surface area is 99.3 Å². The maximum absolute atomic E-state index is 8.67. The number of aliphatic hydroxyl groups excluding tert-OH is 2. The van der Waals surface area contributed by atoms with Crippen molar-refractivity contribution in [2.45, 2.75) is 13.8 Å². The summed E-state index contributed by atoms with van der Waals surface area (Å²) in [5.74, 6) is 0. The van der Waals surface area contributed by atoms with Crippen LogP contribution >= 0.6 is 24.4 Å². The minimum atomic E-state index is -0.00463. The van der Waals surface area contributed by atoms with Crippen LogP contribution in [0.1, 0.15) is 13.8 Å². The van der Waals surface area contributed by atoms with E-state index in [0.717, 1.165) is 13.1 Å². The fraction of sp³-hybridized carbons (Fsp3) is 0.667. The smallest absolute Gasteiger partial charge is 0.256 e. The summed E-state index contributed by atoms with van der Waals surface area (Å²) in [7, 11) is 0. The van der Waals surface area contributed by atoms with Gasteiger partial charge in [0.1, 0.15) is 5.55 Å². The Bertz CT molecular complexity index is 120. The molecule has 0 bridgehead atoms. The van der Waals surface area contributed by atoms with Crippen LogP contribution < -0.4 is 0 Å². The predicted octanol–water partition coefficient (Wildman–Crippen LogP) is 1.67. The van der Waals surface area contributed by atoms with Crippen LogP contribution in [0.3, 0.4) is 0 Å². The molecule has 0 atom stereocenters. The zero-order valence-corrected chi connectivity index (χ0v) is 10.1. The molecule has 0 saturated heterocycles. The van der Waals surface area contributed by atoms with Crippen LogP contribution in [0.2, 0.25) is 0 Å². The maximum atomic E-state index is 8.67. The van der Waals surface area contributed by atoms with Crippen molar-refractivity contribution in [1.29, 1.82) is 0 Å². The van der Waals surface area contributed by atoms with Gasteiger partial charge in [0.15, 0.2) is 0 Å². The second kappa shape index (κ2) is 13.9. The second-order valence-corrected chi connectivity index (χ2v) is 2.14. The molecule has 0 spiro atoms. The molecule has 3 nitrogen and oxygen atoms in total. The summed E-state index contributed by atoms with van der Waals surface area (Å²) < 4.78 is 0. The fourth-order valence-corrected chi connectivity index (χ4v) is 0.752. The number of aliphatic hydroxyl groups is 2. The van der Waals surface area contributed by atoms with Gasteiger partial charge in [0.05, 0.1) is 0 Å². The zero-order chi connectivity index (χ0) is 9.28. The van der Waals surface area contributed by atoms with Gasteiger partial charge in [-0.2, -0.15) is 0 Å². The minimum absolute atomic E-state index is 0. The molecule has 0 aromatic rings. The van der Waals surface area contributed by atoms with Crippen molar-refractivity contribution in [2.24, 2.45) is 0 Å².